The van der Waals surface area contributed by atoms with Gasteiger partial charge in [0.25, 0.3) is 0 Å². The number of nitriles is 1. The number of ether oxygens (including phenoxy) is 1. The number of anilines is 1. The number of rotatable bonds is 5. The van der Waals surface area contributed by atoms with Crippen LogP contribution in [0.2, 0.25) is 0 Å². The van der Waals surface area contributed by atoms with Crippen molar-refractivity contribution in [3.63, 3.8) is 0 Å². The molecule has 3 N–H and O–H groups in total. The van der Waals surface area contributed by atoms with Crippen LogP contribution in [0.1, 0.15) is 31.4 Å². The van der Waals surface area contributed by atoms with Crippen molar-refractivity contribution in [1.82, 2.24) is 9.97 Å². The van der Waals surface area contributed by atoms with E-state index in [-0.39, 0.29) is 0 Å². The van der Waals surface area contributed by atoms with Crippen molar-refractivity contribution in [1.29, 1.82) is 5.26 Å². The average Bonchev–Trinajstić information content (AvgIpc) is 2.46. The Morgan fingerprint density at radius 1 is 1.32 bits per heavy atom. The van der Waals surface area contributed by atoms with Crippen LogP contribution in [0.3, 0.4) is 0 Å². The van der Waals surface area contributed by atoms with Gasteiger partial charge in [-0.15, -0.1) is 0 Å². The highest BCUT2D eigenvalue weighted by molar-refractivity contribution is 5.46. The predicted molar refractivity (Wildman–Crippen MR) is 71.4 cm³/mol. The van der Waals surface area contributed by atoms with Crippen molar-refractivity contribution in [3.05, 3.63) is 18.1 Å². The molecule has 19 heavy (non-hydrogen) atoms. The number of nitrogens with zero attached hydrogens (tertiary/aromatic N) is 3. The summed E-state index contributed by atoms with van der Waals surface area (Å²) in [6.45, 7) is 1.22. The molecule has 1 aromatic heterocycles. The molecule has 0 amide bonds. The van der Waals surface area contributed by atoms with Crippen molar-refractivity contribution in [2.75, 3.05) is 18.5 Å². The number of hydrogen-bond acceptors (Lipinski definition) is 6. The molecule has 2 rings (SSSR count). The predicted octanol–water partition coefficient (Wildman–Crippen LogP) is 1.05. The average molecular weight is 261 g/mol. The van der Waals surface area contributed by atoms with Gasteiger partial charge >= 0.3 is 0 Å². The fourth-order valence-corrected chi connectivity index (χ4v) is 2.20. The summed E-state index contributed by atoms with van der Waals surface area (Å²) in [5.41, 5.74) is 6.16. The standard InChI is InChI=1S/C13H19N5O/c14-9-12-13(17-6-5-16-12)18-7-8-19-11-3-1-10(15)2-4-11/h5-6,10-11H,1-4,7-8,15H2,(H,17,18). The van der Waals surface area contributed by atoms with Gasteiger partial charge in [-0.2, -0.15) is 5.26 Å². The zero-order valence-corrected chi connectivity index (χ0v) is 10.9. The lowest BCUT2D eigenvalue weighted by Gasteiger charge is -2.26. The summed E-state index contributed by atoms with van der Waals surface area (Å²) in [7, 11) is 0. The second kappa shape index (κ2) is 7.02. The minimum atomic E-state index is 0.311. The zero-order valence-electron chi connectivity index (χ0n) is 10.9. The first kappa shape index (κ1) is 13.7. The summed E-state index contributed by atoms with van der Waals surface area (Å²) < 4.78 is 5.78. The largest absolute Gasteiger partial charge is 0.376 e. The summed E-state index contributed by atoms with van der Waals surface area (Å²) in [6, 6.07) is 2.34. The van der Waals surface area contributed by atoms with E-state index >= 15 is 0 Å². The van der Waals surface area contributed by atoms with Gasteiger partial charge in [0, 0.05) is 25.0 Å². The Morgan fingerprint density at radius 3 is 2.79 bits per heavy atom. The lowest BCUT2D eigenvalue weighted by Crippen LogP contribution is -2.31. The first-order chi connectivity index (χ1) is 9.29. The Kier molecular flexibility index (Phi) is 5.07. The molecule has 0 radical (unpaired) electrons. The Morgan fingerprint density at radius 2 is 2.05 bits per heavy atom. The first-order valence-corrected chi connectivity index (χ1v) is 6.61. The van der Waals surface area contributed by atoms with E-state index in [1.807, 2.05) is 6.07 Å². The van der Waals surface area contributed by atoms with Gasteiger partial charge in [-0.25, -0.2) is 9.97 Å². The summed E-state index contributed by atoms with van der Waals surface area (Å²) >= 11 is 0. The second-order valence-electron chi connectivity index (χ2n) is 4.70. The highest BCUT2D eigenvalue weighted by Gasteiger charge is 2.18. The molecule has 0 aliphatic heterocycles. The van der Waals surface area contributed by atoms with E-state index in [9.17, 15) is 0 Å². The van der Waals surface area contributed by atoms with Crippen LogP contribution in [-0.4, -0.2) is 35.3 Å². The second-order valence-corrected chi connectivity index (χ2v) is 4.70. The highest BCUT2D eigenvalue weighted by atomic mass is 16.5. The topological polar surface area (TPSA) is 96.8 Å². The number of aromatic nitrogens is 2. The molecule has 1 saturated carbocycles. The maximum absolute atomic E-state index is 8.87. The SMILES string of the molecule is N#Cc1nccnc1NCCOC1CCC(N)CC1. The van der Waals surface area contributed by atoms with E-state index in [4.69, 9.17) is 15.7 Å². The van der Waals surface area contributed by atoms with Crippen LogP contribution >= 0.6 is 0 Å². The first-order valence-electron chi connectivity index (χ1n) is 6.61. The van der Waals surface area contributed by atoms with Crippen molar-refractivity contribution < 1.29 is 4.74 Å². The molecule has 0 unspecified atom stereocenters. The molecule has 1 fully saturated rings. The van der Waals surface area contributed by atoms with Crippen molar-refractivity contribution in [2.24, 2.45) is 5.73 Å². The Bertz CT molecular complexity index is 437. The van der Waals surface area contributed by atoms with Gasteiger partial charge in [0.1, 0.15) is 6.07 Å². The molecule has 102 valence electrons. The van der Waals surface area contributed by atoms with Gasteiger partial charge < -0.3 is 15.8 Å². The maximum atomic E-state index is 8.87. The van der Waals surface area contributed by atoms with Crippen LogP contribution in [0.15, 0.2) is 12.4 Å². The quantitative estimate of drug-likeness (QED) is 0.769. The molecular formula is C13H19N5O. The number of hydrogen-bond donors (Lipinski definition) is 2. The maximum Gasteiger partial charge on any atom is 0.182 e. The Balaban J connectivity index is 1.68. The lowest BCUT2D eigenvalue weighted by molar-refractivity contribution is 0.0313. The fourth-order valence-electron chi connectivity index (χ4n) is 2.20. The number of nitrogens with two attached hydrogens (primary N) is 1. The molecule has 1 aliphatic carbocycles. The minimum Gasteiger partial charge on any atom is -0.376 e. The van der Waals surface area contributed by atoms with Gasteiger partial charge in [0.2, 0.25) is 0 Å². The normalized spacial score (nSPS) is 22.7. The van der Waals surface area contributed by atoms with Crippen LogP contribution < -0.4 is 11.1 Å². The molecule has 0 atom stereocenters. The van der Waals surface area contributed by atoms with Crippen molar-refractivity contribution in [3.8, 4) is 6.07 Å². The summed E-state index contributed by atoms with van der Waals surface area (Å²) in [5, 5.41) is 11.9. The van der Waals surface area contributed by atoms with Gasteiger partial charge in [-0.05, 0) is 25.7 Å². The smallest absolute Gasteiger partial charge is 0.182 e. The molecule has 0 aromatic carbocycles. The summed E-state index contributed by atoms with van der Waals surface area (Å²) in [6.07, 6.45) is 7.55. The molecule has 0 spiro atoms. The van der Waals surface area contributed by atoms with Crippen LogP contribution in [0.4, 0.5) is 5.82 Å². The molecule has 6 nitrogen and oxygen atoms in total. The third-order valence-corrected chi connectivity index (χ3v) is 3.27. The van der Waals surface area contributed by atoms with Crippen LogP contribution in [-0.2, 0) is 4.74 Å². The highest BCUT2D eigenvalue weighted by Crippen LogP contribution is 2.19. The zero-order chi connectivity index (χ0) is 13.5. The Hall–Kier alpha value is -1.71. The minimum absolute atomic E-state index is 0.311. The molecule has 1 aliphatic rings. The van der Waals surface area contributed by atoms with Crippen LogP contribution in [0, 0.1) is 11.3 Å². The van der Waals surface area contributed by atoms with Gasteiger partial charge in [0.15, 0.2) is 11.5 Å². The van der Waals surface area contributed by atoms with Gasteiger partial charge in [-0.3, -0.25) is 0 Å². The van der Waals surface area contributed by atoms with Gasteiger partial charge in [0.05, 0.1) is 12.7 Å². The molecular weight excluding hydrogens is 242 g/mol. The van der Waals surface area contributed by atoms with Crippen LogP contribution in [0.25, 0.3) is 0 Å². The molecule has 0 saturated heterocycles. The van der Waals surface area contributed by atoms with E-state index in [1.165, 1.54) is 6.20 Å². The molecule has 6 heteroatoms. The van der Waals surface area contributed by atoms with E-state index in [0.29, 0.717) is 36.8 Å². The summed E-state index contributed by atoms with van der Waals surface area (Å²) in [4.78, 5) is 8.01. The third kappa shape index (κ3) is 4.16. The Labute approximate surface area is 113 Å². The molecule has 1 aromatic rings. The molecule has 1 heterocycles. The van der Waals surface area contributed by atoms with E-state index in [2.05, 4.69) is 15.3 Å². The van der Waals surface area contributed by atoms with Crippen LogP contribution in [0.5, 0.6) is 0 Å². The monoisotopic (exact) mass is 261 g/mol. The third-order valence-electron chi connectivity index (χ3n) is 3.27. The van der Waals surface area contributed by atoms with E-state index < -0.39 is 0 Å². The molecule has 0 bridgehead atoms. The van der Waals surface area contributed by atoms with Crippen molar-refractivity contribution >= 4 is 5.82 Å². The van der Waals surface area contributed by atoms with Gasteiger partial charge in [-0.1, -0.05) is 0 Å². The fraction of sp³-hybridized carbons (Fsp3) is 0.615. The number of nitrogens with one attached hydrogen (secondary N) is 1. The van der Waals surface area contributed by atoms with Crippen molar-refractivity contribution in [2.45, 2.75) is 37.8 Å². The van der Waals surface area contributed by atoms with E-state index in [1.54, 1.807) is 6.20 Å². The summed E-state index contributed by atoms with van der Waals surface area (Å²) in [5.74, 6) is 0.513. The lowest BCUT2D eigenvalue weighted by atomic mass is 9.94. The van der Waals surface area contributed by atoms with E-state index in [0.717, 1.165) is 25.7 Å².